The van der Waals surface area contributed by atoms with E-state index in [4.69, 9.17) is 4.18 Å². The van der Waals surface area contributed by atoms with Gasteiger partial charge in [0.15, 0.2) is 5.75 Å². The first-order valence-electron chi connectivity index (χ1n) is 9.35. The Balaban J connectivity index is 1.69. The van der Waals surface area contributed by atoms with E-state index in [2.05, 4.69) is 21.8 Å². The fourth-order valence-electron chi connectivity index (χ4n) is 3.34. The Kier molecular flexibility index (Phi) is 5.27. The normalized spacial score (nSPS) is 15.3. The van der Waals surface area contributed by atoms with Crippen LogP contribution in [0.2, 0.25) is 0 Å². The predicted octanol–water partition coefficient (Wildman–Crippen LogP) is 2.66. The monoisotopic (exact) mass is 428 g/mol. The number of likely N-dealkylation sites (N-methyl/N-ethyl adjacent to an activating group) is 1. The first-order valence-corrected chi connectivity index (χ1v) is 10.8. The van der Waals surface area contributed by atoms with Crippen molar-refractivity contribution in [1.29, 1.82) is 0 Å². The van der Waals surface area contributed by atoms with E-state index in [1.165, 1.54) is 18.2 Å². The molecule has 0 bridgehead atoms. The zero-order chi connectivity index (χ0) is 21.3. The van der Waals surface area contributed by atoms with Crippen LogP contribution in [0.5, 0.6) is 5.75 Å². The highest BCUT2D eigenvalue weighted by atomic mass is 32.2. The van der Waals surface area contributed by atoms with Crippen LogP contribution in [0.3, 0.4) is 0 Å². The van der Waals surface area contributed by atoms with Gasteiger partial charge >= 0.3 is 10.1 Å². The molecule has 2 heterocycles. The second-order valence-corrected chi connectivity index (χ2v) is 8.64. The zero-order valence-corrected chi connectivity index (χ0v) is 17.1. The van der Waals surface area contributed by atoms with Gasteiger partial charge in [-0.3, -0.25) is 15.1 Å². The molecule has 1 saturated heterocycles. The van der Waals surface area contributed by atoms with Crippen LogP contribution >= 0.6 is 0 Å². The van der Waals surface area contributed by atoms with E-state index in [1.807, 2.05) is 6.07 Å². The van der Waals surface area contributed by atoms with Gasteiger partial charge in [-0.2, -0.15) is 8.42 Å². The highest BCUT2D eigenvalue weighted by Gasteiger charge is 2.22. The van der Waals surface area contributed by atoms with E-state index in [0.29, 0.717) is 10.9 Å². The minimum Gasteiger partial charge on any atom is -0.378 e. The molecule has 0 unspecified atom stereocenters. The minimum absolute atomic E-state index is 0.127. The van der Waals surface area contributed by atoms with Crippen molar-refractivity contribution in [2.75, 3.05) is 38.1 Å². The molecule has 0 aliphatic carbocycles. The van der Waals surface area contributed by atoms with Crippen molar-refractivity contribution < 1.29 is 17.5 Å². The molecule has 1 aliphatic rings. The molecule has 0 saturated carbocycles. The van der Waals surface area contributed by atoms with Crippen LogP contribution < -0.4 is 9.08 Å². The Morgan fingerprint density at radius 3 is 2.53 bits per heavy atom. The number of benzene rings is 2. The summed E-state index contributed by atoms with van der Waals surface area (Å²) >= 11 is 0. The van der Waals surface area contributed by atoms with Crippen LogP contribution in [0.1, 0.15) is 0 Å². The second kappa shape index (κ2) is 7.88. The zero-order valence-electron chi connectivity index (χ0n) is 16.3. The number of piperazine rings is 1. The molecule has 1 aliphatic heterocycles. The average molecular weight is 428 g/mol. The fraction of sp³-hybridized carbons (Fsp3) is 0.250. The number of nitrogens with zero attached hydrogens (tertiary/aromatic N) is 4. The molecule has 0 N–H and O–H groups in total. The fourth-order valence-corrected chi connectivity index (χ4v) is 4.33. The minimum atomic E-state index is -4.26. The number of anilines is 1. The maximum Gasteiger partial charge on any atom is 0.339 e. The van der Waals surface area contributed by atoms with Crippen LogP contribution in [0, 0.1) is 10.1 Å². The molecule has 9 nitrogen and oxygen atoms in total. The van der Waals surface area contributed by atoms with Crippen molar-refractivity contribution in [3.8, 4) is 5.75 Å². The summed E-state index contributed by atoms with van der Waals surface area (Å²) in [5.41, 5.74) is 1.16. The average Bonchev–Trinajstić information content (AvgIpc) is 2.74. The molecule has 1 fully saturated rings. The number of hydrogen-bond donors (Lipinski definition) is 0. The van der Waals surface area contributed by atoms with Crippen molar-refractivity contribution in [2.24, 2.45) is 0 Å². The molecule has 30 heavy (non-hydrogen) atoms. The van der Waals surface area contributed by atoms with Crippen molar-refractivity contribution in [2.45, 2.75) is 4.90 Å². The first kappa shape index (κ1) is 20.0. The van der Waals surface area contributed by atoms with Crippen molar-refractivity contribution in [3.63, 3.8) is 0 Å². The smallest absolute Gasteiger partial charge is 0.339 e. The SMILES string of the molecule is CN1CCN(c2cnc3cccc(OS(=O)(=O)c4cccc([N+](=O)[O-])c4)c3c2)CC1. The number of rotatable bonds is 5. The van der Waals surface area contributed by atoms with Crippen LogP contribution in [0.15, 0.2) is 59.6 Å². The Hall–Kier alpha value is -3.24. The lowest BCUT2D eigenvalue weighted by atomic mass is 10.1. The number of non-ortho nitro benzene ring substituents is 1. The lowest BCUT2D eigenvalue weighted by Gasteiger charge is -2.33. The van der Waals surface area contributed by atoms with E-state index < -0.39 is 15.0 Å². The van der Waals surface area contributed by atoms with Gasteiger partial charge in [0.25, 0.3) is 5.69 Å². The third kappa shape index (κ3) is 4.05. The van der Waals surface area contributed by atoms with Gasteiger partial charge in [-0.25, -0.2) is 0 Å². The standard InChI is InChI=1S/C20H20N4O5S/c1-22-8-10-23(11-9-22)16-13-18-19(21-14-16)6-3-7-20(18)29-30(27,28)17-5-2-4-15(12-17)24(25)26/h2-7,12-14H,8-11H2,1H3. The quantitative estimate of drug-likeness (QED) is 0.347. The Morgan fingerprint density at radius 1 is 1.07 bits per heavy atom. The van der Waals surface area contributed by atoms with Crippen LogP contribution in [-0.4, -0.2) is 56.5 Å². The number of fused-ring (bicyclic) bond motifs is 1. The Labute approximate surface area is 173 Å². The van der Waals surface area contributed by atoms with E-state index in [-0.39, 0.29) is 16.3 Å². The molecule has 2 aromatic carbocycles. The van der Waals surface area contributed by atoms with Gasteiger partial charge in [0.1, 0.15) is 4.90 Å². The van der Waals surface area contributed by atoms with Crippen molar-refractivity contribution in [1.82, 2.24) is 9.88 Å². The summed E-state index contributed by atoms with van der Waals surface area (Å²) in [5.74, 6) is 0.127. The number of pyridine rings is 1. The first-order chi connectivity index (χ1) is 14.3. The topological polar surface area (TPSA) is 106 Å². The third-order valence-electron chi connectivity index (χ3n) is 5.06. The van der Waals surface area contributed by atoms with E-state index >= 15 is 0 Å². The molecule has 1 aromatic heterocycles. The molecule has 0 amide bonds. The summed E-state index contributed by atoms with van der Waals surface area (Å²) in [6, 6.07) is 11.6. The molecule has 10 heteroatoms. The Morgan fingerprint density at radius 2 is 1.80 bits per heavy atom. The molecular formula is C20H20N4O5S. The van der Waals surface area contributed by atoms with Gasteiger partial charge in [0.05, 0.1) is 22.3 Å². The lowest BCUT2D eigenvalue weighted by Crippen LogP contribution is -2.44. The number of nitro benzene ring substituents is 1. The van der Waals surface area contributed by atoms with Gasteiger partial charge < -0.3 is 14.0 Å². The van der Waals surface area contributed by atoms with Gasteiger partial charge in [0.2, 0.25) is 0 Å². The van der Waals surface area contributed by atoms with Gasteiger partial charge in [-0.05, 0) is 31.3 Å². The molecule has 156 valence electrons. The van der Waals surface area contributed by atoms with Gasteiger partial charge in [-0.15, -0.1) is 0 Å². The van der Waals surface area contributed by atoms with Crippen LogP contribution in [0.4, 0.5) is 11.4 Å². The molecule has 4 rings (SSSR count). The van der Waals surface area contributed by atoms with Gasteiger partial charge in [-0.1, -0.05) is 12.1 Å². The maximum atomic E-state index is 12.8. The molecule has 0 spiro atoms. The highest BCUT2D eigenvalue weighted by Crippen LogP contribution is 2.31. The van der Waals surface area contributed by atoms with E-state index in [0.717, 1.165) is 37.9 Å². The summed E-state index contributed by atoms with van der Waals surface area (Å²) in [6.45, 7) is 3.55. The van der Waals surface area contributed by atoms with E-state index in [1.54, 1.807) is 24.4 Å². The summed E-state index contributed by atoms with van der Waals surface area (Å²) in [6.07, 6.45) is 1.77. The number of hydrogen-bond acceptors (Lipinski definition) is 8. The van der Waals surface area contributed by atoms with E-state index in [9.17, 15) is 18.5 Å². The van der Waals surface area contributed by atoms with Crippen molar-refractivity contribution >= 4 is 32.4 Å². The lowest BCUT2D eigenvalue weighted by molar-refractivity contribution is -0.385. The summed E-state index contributed by atoms with van der Waals surface area (Å²) in [5, 5.41) is 11.5. The molecular weight excluding hydrogens is 408 g/mol. The summed E-state index contributed by atoms with van der Waals surface area (Å²) < 4.78 is 30.9. The largest absolute Gasteiger partial charge is 0.378 e. The van der Waals surface area contributed by atoms with Crippen LogP contribution in [-0.2, 0) is 10.1 Å². The second-order valence-electron chi connectivity index (χ2n) is 7.10. The molecule has 0 radical (unpaired) electrons. The highest BCUT2D eigenvalue weighted by molar-refractivity contribution is 7.87. The predicted molar refractivity (Wildman–Crippen MR) is 112 cm³/mol. The molecule has 0 atom stereocenters. The van der Waals surface area contributed by atoms with Crippen LogP contribution in [0.25, 0.3) is 10.9 Å². The summed E-state index contributed by atoms with van der Waals surface area (Å²) in [7, 11) is -2.19. The number of nitro groups is 1. The van der Waals surface area contributed by atoms with Crippen molar-refractivity contribution in [3.05, 3.63) is 64.8 Å². The summed E-state index contributed by atoms with van der Waals surface area (Å²) in [4.78, 5) is 18.9. The van der Waals surface area contributed by atoms with Gasteiger partial charge in [0, 0.05) is 43.7 Å². The maximum absolute atomic E-state index is 12.8. The third-order valence-corrected chi connectivity index (χ3v) is 6.29. The molecule has 3 aromatic rings. The number of aromatic nitrogens is 1. The Bertz CT molecular complexity index is 1210.